The topological polar surface area (TPSA) is 39.4 Å². The van der Waals surface area contributed by atoms with E-state index in [1.54, 1.807) is 14.0 Å². The SMILES string of the molecule is CCCC/C=C/c1c(OC)cc(=O)oc1C. The van der Waals surface area contributed by atoms with E-state index in [1.165, 1.54) is 12.5 Å². The highest BCUT2D eigenvalue weighted by Crippen LogP contribution is 2.21. The van der Waals surface area contributed by atoms with Crippen LogP contribution < -0.4 is 10.4 Å². The number of unbranched alkanes of at least 4 members (excludes halogenated alkanes) is 2. The van der Waals surface area contributed by atoms with Crippen LogP contribution in [0.3, 0.4) is 0 Å². The first-order chi connectivity index (χ1) is 7.69. The molecule has 0 unspecified atom stereocenters. The van der Waals surface area contributed by atoms with Gasteiger partial charge in [0.15, 0.2) is 0 Å². The van der Waals surface area contributed by atoms with E-state index in [0.717, 1.165) is 18.4 Å². The van der Waals surface area contributed by atoms with Gasteiger partial charge in [0.25, 0.3) is 0 Å². The zero-order valence-corrected chi connectivity index (χ0v) is 10.1. The van der Waals surface area contributed by atoms with Gasteiger partial charge in [0.2, 0.25) is 0 Å². The Balaban J connectivity index is 2.94. The fraction of sp³-hybridized carbons (Fsp3) is 0.462. The normalized spacial score (nSPS) is 10.9. The van der Waals surface area contributed by atoms with Crippen molar-refractivity contribution in [3.05, 3.63) is 33.9 Å². The lowest BCUT2D eigenvalue weighted by Crippen LogP contribution is -2.02. The highest BCUT2D eigenvalue weighted by molar-refractivity contribution is 5.58. The van der Waals surface area contributed by atoms with E-state index in [0.29, 0.717) is 11.5 Å². The summed E-state index contributed by atoms with van der Waals surface area (Å²) in [5.74, 6) is 1.17. The van der Waals surface area contributed by atoms with E-state index < -0.39 is 0 Å². The fourth-order valence-corrected chi connectivity index (χ4v) is 1.49. The fourth-order valence-electron chi connectivity index (χ4n) is 1.49. The zero-order chi connectivity index (χ0) is 12.0. The minimum absolute atomic E-state index is 0.375. The average molecular weight is 222 g/mol. The first kappa shape index (κ1) is 12.6. The quantitative estimate of drug-likeness (QED) is 0.718. The summed E-state index contributed by atoms with van der Waals surface area (Å²) in [6.45, 7) is 3.92. The third-order valence-electron chi connectivity index (χ3n) is 2.38. The summed E-state index contributed by atoms with van der Waals surface area (Å²) in [6.07, 6.45) is 7.39. The Morgan fingerprint density at radius 3 is 2.88 bits per heavy atom. The minimum atomic E-state index is -0.375. The van der Waals surface area contributed by atoms with Gasteiger partial charge < -0.3 is 9.15 Å². The van der Waals surface area contributed by atoms with Crippen molar-refractivity contribution in [1.29, 1.82) is 0 Å². The molecule has 0 aromatic carbocycles. The lowest BCUT2D eigenvalue weighted by Gasteiger charge is -2.05. The van der Waals surface area contributed by atoms with E-state index in [9.17, 15) is 4.79 Å². The van der Waals surface area contributed by atoms with E-state index in [4.69, 9.17) is 9.15 Å². The van der Waals surface area contributed by atoms with Crippen LogP contribution in [0.4, 0.5) is 0 Å². The molecule has 1 aromatic heterocycles. The van der Waals surface area contributed by atoms with Gasteiger partial charge >= 0.3 is 5.63 Å². The first-order valence-electron chi connectivity index (χ1n) is 5.54. The molecule has 0 spiro atoms. The van der Waals surface area contributed by atoms with Crippen LogP contribution in [0, 0.1) is 6.92 Å². The maximum atomic E-state index is 11.1. The predicted molar refractivity (Wildman–Crippen MR) is 64.8 cm³/mol. The second-order valence-corrected chi connectivity index (χ2v) is 3.65. The summed E-state index contributed by atoms with van der Waals surface area (Å²) in [7, 11) is 1.55. The number of hydrogen-bond donors (Lipinski definition) is 0. The van der Waals surface area contributed by atoms with Gasteiger partial charge in [-0.15, -0.1) is 0 Å². The molecule has 3 nitrogen and oxygen atoms in total. The predicted octanol–water partition coefficient (Wildman–Crippen LogP) is 3.16. The third kappa shape index (κ3) is 3.26. The van der Waals surface area contributed by atoms with Gasteiger partial charge in [-0.25, -0.2) is 4.79 Å². The number of methoxy groups -OCH3 is 1. The lowest BCUT2D eigenvalue weighted by atomic mass is 10.1. The molecule has 0 N–H and O–H groups in total. The number of hydrogen-bond acceptors (Lipinski definition) is 3. The van der Waals surface area contributed by atoms with Gasteiger partial charge in [-0.3, -0.25) is 0 Å². The molecule has 0 aliphatic carbocycles. The molecule has 3 heteroatoms. The van der Waals surface area contributed by atoms with Crippen LogP contribution in [-0.4, -0.2) is 7.11 Å². The molecule has 0 saturated heterocycles. The van der Waals surface area contributed by atoms with E-state index in [1.807, 2.05) is 6.08 Å². The molecule has 0 radical (unpaired) electrons. The summed E-state index contributed by atoms with van der Waals surface area (Å²) in [6, 6.07) is 1.37. The summed E-state index contributed by atoms with van der Waals surface area (Å²) in [4.78, 5) is 11.1. The van der Waals surface area contributed by atoms with Crippen LogP contribution in [0.2, 0.25) is 0 Å². The Bertz CT molecular complexity index is 416. The van der Waals surface area contributed by atoms with Crippen molar-refractivity contribution in [3.8, 4) is 5.75 Å². The molecule has 0 aliphatic rings. The van der Waals surface area contributed by atoms with Crippen LogP contribution >= 0.6 is 0 Å². The molecule has 16 heavy (non-hydrogen) atoms. The van der Waals surface area contributed by atoms with Crippen molar-refractivity contribution in [2.45, 2.75) is 33.1 Å². The Morgan fingerprint density at radius 1 is 1.50 bits per heavy atom. The summed E-state index contributed by atoms with van der Waals surface area (Å²) in [5, 5.41) is 0. The van der Waals surface area contributed by atoms with Gasteiger partial charge in [0, 0.05) is 0 Å². The van der Waals surface area contributed by atoms with Gasteiger partial charge in [0.1, 0.15) is 11.5 Å². The maximum absolute atomic E-state index is 11.1. The molecular formula is C13H18O3. The largest absolute Gasteiger partial charge is 0.496 e. The van der Waals surface area contributed by atoms with Crippen LogP contribution in [0.15, 0.2) is 21.4 Å². The molecule has 0 amide bonds. The molecule has 0 aliphatic heterocycles. The molecule has 88 valence electrons. The smallest absolute Gasteiger partial charge is 0.339 e. The average Bonchev–Trinajstić information content (AvgIpc) is 2.26. The van der Waals surface area contributed by atoms with E-state index >= 15 is 0 Å². The first-order valence-corrected chi connectivity index (χ1v) is 5.54. The molecule has 0 saturated carbocycles. The summed E-state index contributed by atoms with van der Waals surface area (Å²) < 4.78 is 10.2. The van der Waals surface area contributed by atoms with Gasteiger partial charge in [-0.05, 0) is 13.3 Å². The number of allylic oxidation sites excluding steroid dienone is 1. The van der Waals surface area contributed by atoms with E-state index in [-0.39, 0.29) is 5.63 Å². The van der Waals surface area contributed by atoms with E-state index in [2.05, 4.69) is 13.0 Å². The summed E-state index contributed by atoms with van der Waals surface area (Å²) >= 11 is 0. The minimum Gasteiger partial charge on any atom is -0.496 e. The number of rotatable bonds is 5. The monoisotopic (exact) mass is 222 g/mol. The maximum Gasteiger partial charge on any atom is 0.339 e. The van der Waals surface area contributed by atoms with Crippen LogP contribution in [0.5, 0.6) is 5.75 Å². The molecule has 1 heterocycles. The van der Waals surface area contributed by atoms with Gasteiger partial charge in [0.05, 0.1) is 18.7 Å². The number of ether oxygens (including phenoxy) is 1. The van der Waals surface area contributed by atoms with Crippen LogP contribution in [-0.2, 0) is 0 Å². The van der Waals surface area contributed by atoms with Crippen LogP contribution in [0.25, 0.3) is 6.08 Å². The van der Waals surface area contributed by atoms with Crippen LogP contribution in [0.1, 0.15) is 37.5 Å². The van der Waals surface area contributed by atoms with Crippen molar-refractivity contribution in [1.82, 2.24) is 0 Å². The molecular weight excluding hydrogens is 204 g/mol. The Labute approximate surface area is 95.7 Å². The summed E-state index contributed by atoms with van der Waals surface area (Å²) in [5.41, 5.74) is 0.471. The third-order valence-corrected chi connectivity index (χ3v) is 2.38. The highest BCUT2D eigenvalue weighted by atomic mass is 16.5. The van der Waals surface area contributed by atoms with Crippen molar-refractivity contribution in [3.63, 3.8) is 0 Å². The van der Waals surface area contributed by atoms with Crippen molar-refractivity contribution < 1.29 is 9.15 Å². The van der Waals surface area contributed by atoms with Crippen molar-refractivity contribution >= 4 is 6.08 Å². The Kier molecular flexibility index (Phi) is 4.83. The molecule has 0 fully saturated rings. The highest BCUT2D eigenvalue weighted by Gasteiger charge is 2.06. The van der Waals surface area contributed by atoms with Gasteiger partial charge in [-0.1, -0.05) is 31.9 Å². The molecule has 1 rings (SSSR count). The van der Waals surface area contributed by atoms with Gasteiger partial charge in [-0.2, -0.15) is 0 Å². The lowest BCUT2D eigenvalue weighted by molar-refractivity contribution is 0.395. The Morgan fingerprint density at radius 2 is 2.25 bits per heavy atom. The standard InChI is InChI=1S/C13H18O3/c1-4-5-6-7-8-11-10(2)16-13(14)9-12(11)15-3/h7-9H,4-6H2,1-3H3/b8-7+. The zero-order valence-electron chi connectivity index (χ0n) is 10.1. The molecule has 0 atom stereocenters. The second kappa shape index (κ2) is 6.16. The van der Waals surface area contributed by atoms with Crippen molar-refractivity contribution in [2.75, 3.05) is 7.11 Å². The molecule has 0 bridgehead atoms. The second-order valence-electron chi connectivity index (χ2n) is 3.65. The van der Waals surface area contributed by atoms with Crippen molar-refractivity contribution in [2.24, 2.45) is 0 Å². The molecule has 1 aromatic rings. The Hall–Kier alpha value is -1.51. The number of aryl methyl sites for hydroxylation is 1.